The molecule has 1 saturated heterocycles. The van der Waals surface area contributed by atoms with Crippen molar-refractivity contribution in [1.82, 2.24) is 20.4 Å². The lowest BCUT2D eigenvalue weighted by Crippen LogP contribution is -2.51. The number of nitrogens with zero attached hydrogens (tertiary/aromatic N) is 3. The van der Waals surface area contributed by atoms with Gasteiger partial charge in [-0.2, -0.15) is 5.10 Å². The Balaban J connectivity index is 1.48. The highest BCUT2D eigenvalue weighted by atomic mass is 32.2. The first kappa shape index (κ1) is 25.7. The number of aliphatic imine (C=N–C) groups is 1. The van der Waals surface area contributed by atoms with E-state index in [0.717, 1.165) is 37.1 Å². The number of aryl methyl sites for hydroxylation is 1. The molecular formula is C25H34FN7O3S. The zero-order chi connectivity index (χ0) is 26.5. The van der Waals surface area contributed by atoms with Crippen LogP contribution >= 0.6 is 0 Å². The molecule has 3 aliphatic rings. The number of nitrogens with two attached hydrogens (primary N) is 1. The first-order valence-electron chi connectivity index (χ1n) is 12.6. The molecule has 3 aliphatic heterocycles. The van der Waals surface area contributed by atoms with Gasteiger partial charge in [0.25, 0.3) is 0 Å². The third-order valence-electron chi connectivity index (χ3n) is 7.14. The molecule has 10 nitrogen and oxygen atoms in total. The number of halogens is 1. The van der Waals surface area contributed by atoms with E-state index in [-0.39, 0.29) is 22.9 Å². The molecule has 1 aromatic carbocycles. The van der Waals surface area contributed by atoms with Crippen LogP contribution in [0.5, 0.6) is 5.75 Å². The Morgan fingerprint density at radius 1 is 1.32 bits per heavy atom. The number of ether oxygens (including phenoxy) is 1. The second-order valence-electron chi connectivity index (χ2n) is 10.3. The van der Waals surface area contributed by atoms with Gasteiger partial charge in [0.15, 0.2) is 0 Å². The van der Waals surface area contributed by atoms with Crippen LogP contribution < -0.4 is 26.4 Å². The quantitative estimate of drug-likeness (QED) is 0.446. The number of nitrogens with one attached hydrogen (secondary N) is 3. The maximum Gasteiger partial charge on any atom is 0.213 e. The van der Waals surface area contributed by atoms with Crippen molar-refractivity contribution in [2.45, 2.75) is 68.1 Å². The van der Waals surface area contributed by atoms with Crippen LogP contribution in [0.3, 0.4) is 0 Å². The van der Waals surface area contributed by atoms with Gasteiger partial charge in [0.2, 0.25) is 20.7 Å². The highest BCUT2D eigenvalue weighted by Crippen LogP contribution is 2.45. The molecule has 200 valence electrons. The van der Waals surface area contributed by atoms with Crippen LogP contribution in [0.1, 0.15) is 56.2 Å². The molecule has 0 aliphatic carbocycles. The maximum atomic E-state index is 15.7. The molecule has 12 heteroatoms. The molecule has 0 saturated carbocycles. The van der Waals surface area contributed by atoms with E-state index in [4.69, 9.17) is 10.5 Å². The molecule has 37 heavy (non-hydrogen) atoms. The van der Waals surface area contributed by atoms with Gasteiger partial charge in [0, 0.05) is 31.4 Å². The number of allylic oxidation sites excluding steroid dienone is 1. The number of fused-ring (bicyclic) bond motifs is 1. The Kier molecular flexibility index (Phi) is 6.53. The molecule has 2 aromatic rings. The Bertz CT molecular complexity index is 1380. The second-order valence-corrected chi connectivity index (χ2v) is 12.7. The van der Waals surface area contributed by atoms with Gasteiger partial charge < -0.3 is 20.7 Å². The van der Waals surface area contributed by atoms with E-state index in [1.165, 1.54) is 17.0 Å². The normalized spacial score (nSPS) is 24.0. The lowest BCUT2D eigenvalue weighted by Gasteiger charge is -2.33. The average molecular weight is 532 g/mol. The summed E-state index contributed by atoms with van der Waals surface area (Å²) in [6.07, 6.45) is 6.95. The van der Waals surface area contributed by atoms with Crippen LogP contribution in [0.25, 0.3) is 0 Å². The Morgan fingerprint density at radius 2 is 2.05 bits per heavy atom. The highest BCUT2D eigenvalue weighted by Gasteiger charge is 2.40. The van der Waals surface area contributed by atoms with E-state index >= 15 is 4.39 Å². The number of hydrogen-bond acceptors (Lipinski definition) is 9. The van der Waals surface area contributed by atoms with E-state index in [9.17, 15) is 8.42 Å². The molecule has 5 N–H and O–H groups in total. The molecular weight excluding hydrogens is 497 g/mol. The fourth-order valence-corrected chi connectivity index (χ4v) is 6.35. The zero-order valence-corrected chi connectivity index (χ0v) is 22.3. The van der Waals surface area contributed by atoms with Crippen LogP contribution in [0.4, 0.5) is 10.1 Å². The summed E-state index contributed by atoms with van der Waals surface area (Å²) >= 11 is 0. The first-order chi connectivity index (χ1) is 17.5. The number of hydrogen-bond donors (Lipinski definition) is 4. The fraction of sp³-hybridized carbons (Fsp3) is 0.520. The van der Waals surface area contributed by atoms with Crippen LogP contribution in [0, 0.1) is 5.82 Å². The van der Waals surface area contributed by atoms with Crippen molar-refractivity contribution < 1.29 is 17.5 Å². The largest absolute Gasteiger partial charge is 0.490 e. The van der Waals surface area contributed by atoms with Crippen molar-refractivity contribution >= 4 is 21.7 Å². The van der Waals surface area contributed by atoms with Gasteiger partial charge in [0.1, 0.15) is 23.5 Å². The lowest BCUT2D eigenvalue weighted by atomic mass is 9.84. The SMILES string of the molecule is CC1Cc2c(c(C3(N)N=CC=C(Nc4cn(C)nc4S(=O)(=O)C(C)C)N3)cc(F)c2C2CCNCC2)O1. The van der Waals surface area contributed by atoms with Gasteiger partial charge in [-0.3, -0.25) is 10.4 Å². The van der Waals surface area contributed by atoms with Gasteiger partial charge >= 0.3 is 0 Å². The summed E-state index contributed by atoms with van der Waals surface area (Å²) in [5.74, 6) is -0.744. The predicted octanol–water partition coefficient (Wildman–Crippen LogP) is 2.23. The number of piperidine rings is 1. The number of benzene rings is 1. The summed E-state index contributed by atoms with van der Waals surface area (Å²) in [5.41, 5.74) is 9.01. The Labute approximate surface area is 216 Å². The van der Waals surface area contributed by atoms with Gasteiger partial charge in [-0.1, -0.05) is 0 Å². The molecule has 0 amide bonds. The van der Waals surface area contributed by atoms with Crippen molar-refractivity contribution in [3.8, 4) is 5.75 Å². The molecule has 2 unspecified atom stereocenters. The first-order valence-corrected chi connectivity index (χ1v) is 14.1. The summed E-state index contributed by atoms with van der Waals surface area (Å²) in [6, 6.07) is 1.43. The number of rotatable bonds is 6. The summed E-state index contributed by atoms with van der Waals surface area (Å²) in [5, 5.41) is 13.0. The molecule has 0 spiro atoms. The van der Waals surface area contributed by atoms with Crippen molar-refractivity contribution in [1.29, 1.82) is 0 Å². The fourth-order valence-electron chi connectivity index (χ4n) is 5.25. The number of aromatic nitrogens is 2. The van der Waals surface area contributed by atoms with Crippen LogP contribution in [-0.2, 0) is 29.1 Å². The second kappa shape index (κ2) is 9.41. The van der Waals surface area contributed by atoms with Crippen molar-refractivity contribution in [3.05, 3.63) is 46.7 Å². The monoisotopic (exact) mass is 531 g/mol. The zero-order valence-electron chi connectivity index (χ0n) is 21.5. The van der Waals surface area contributed by atoms with Crippen molar-refractivity contribution in [3.63, 3.8) is 0 Å². The predicted molar refractivity (Wildman–Crippen MR) is 140 cm³/mol. The molecule has 2 atom stereocenters. The smallest absolute Gasteiger partial charge is 0.213 e. The van der Waals surface area contributed by atoms with Crippen LogP contribution in [0.15, 0.2) is 34.2 Å². The third-order valence-corrected chi connectivity index (χ3v) is 9.22. The van der Waals surface area contributed by atoms with E-state index in [1.54, 1.807) is 33.2 Å². The van der Waals surface area contributed by atoms with Crippen molar-refractivity contribution in [2.24, 2.45) is 17.8 Å². The Hall–Kier alpha value is -2.96. The summed E-state index contributed by atoms with van der Waals surface area (Å²) in [6.45, 7) is 6.87. The molecule has 4 heterocycles. The minimum absolute atomic E-state index is 0.0618. The summed E-state index contributed by atoms with van der Waals surface area (Å²) < 4.78 is 49.0. The lowest BCUT2D eigenvalue weighted by molar-refractivity contribution is 0.244. The van der Waals surface area contributed by atoms with Gasteiger partial charge in [-0.25, -0.2) is 17.8 Å². The van der Waals surface area contributed by atoms with E-state index in [1.807, 2.05) is 6.92 Å². The van der Waals surface area contributed by atoms with Gasteiger partial charge in [-0.15, -0.1) is 0 Å². The van der Waals surface area contributed by atoms with Gasteiger partial charge in [0.05, 0.1) is 16.5 Å². The minimum Gasteiger partial charge on any atom is -0.490 e. The summed E-state index contributed by atoms with van der Waals surface area (Å²) in [4.78, 5) is 4.44. The van der Waals surface area contributed by atoms with E-state index in [0.29, 0.717) is 29.2 Å². The van der Waals surface area contributed by atoms with Gasteiger partial charge in [-0.05, 0) is 70.3 Å². The Morgan fingerprint density at radius 3 is 2.76 bits per heavy atom. The van der Waals surface area contributed by atoms with E-state index < -0.39 is 20.9 Å². The number of anilines is 1. The topological polar surface area (TPSA) is 136 Å². The molecule has 0 bridgehead atoms. The minimum atomic E-state index is -3.64. The summed E-state index contributed by atoms with van der Waals surface area (Å²) in [7, 11) is -1.99. The van der Waals surface area contributed by atoms with Crippen LogP contribution in [0.2, 0.25) is 0 Å². The van der Waals surface area contributed by atoms with Crippen molar-refractivity contribution in [2.75, 3.05) is 18.4 Å². The number of sulfone groups is 1. The average Bonchev–Trinajstić information content (AvgIpc) is 3.40. The van der Waals surface area contributed by atoms with E-state index in [2.05, 4.69) is 26.0 Å². The third kappa shape index (κ3) is 4.62. The highest BCUT2D eigenvalue weighted by molar-refractivity contribution is 7.92. The maximum absolute atomic E-state index is 15.7. The molecule has 1 fully saturated rings. The molecule has 1 aromatic heterocycles. The van der Waals surface area contributed by atoms with Crippen LogP contribution in [-0.4, -0.2) is 48.9 Å². The molecule has 5 rings (SSSR count). The molecule has 0 radical (unpaired) electrons. The standard InChI is InChI=1S/C25H34FN7O3S/c1-14(2)37(34,35)24-20(13-33(4)32-24)30-21-7-10-29-25(27,31-21)18-12-19(26)22(16-5-8-28-9-6-16)17-11-15(3)36-23(17)18/h7,10,12-16,28,30-31H,5-6,8-9,11,27H2,1-4H3.